The molecule has 2 aromatic heterocycles. The number of hydrogen-bond acceptors (Lipinski definition) is 6. The molecule has 0 unspecified atom stereocenters. The van der Waals surface area contributed by atoms with E-state index in [1.54, 1.807) is 41.2 Å². The molecule has 2 heterocycles. The number of nitrogens with zero attached hydrogens (tertiary/aromatic N) is 5. The SMILES string of the molecule is COC(=O)c1ccc(-n2nc(C)cc2NC(=O)Cn2ccnn2)cc1. The summed E-state index contributed by atoms with van der Waals surface area (Å²) in [5.41, 5.74) is 1.89. The fourth-order valence-electron chi connectivity index (χ4n) is 2.29. The van der Waals surface area contributed by atoms with Gasteiger partial charge in [0.1, 0.15) is 12.4 Å². The van der Waals surface area contributed by atoms with Crippen molar-refractivity contribution in [2.24, 2.45) is 0 Å². The van der Waals surface area contributed by atoms with Crippen molar-refractivity contribution in [3.63, 3.8) is 0 Å². The van der Waals surface area contributed by atoms with Gasteiger partial charge >= 0.3 is 5.97 Å². The summed E-state index contributed by atoms with van der Waals surface area (Å²) in [5, 5.41) is 14.6. The van der Waals surface area contributed by atoms with Crippen LogP contribution in [0.5, 0.6) is 0 Å². The monoisotopic (exact) mass is 340 g/mol. The molecule has 0 atom stereocenters. The van der Waals surface area contributed by atoms with E-state index in [4.69, 9.17) is 0 Å². The maximum Gasteiger partial charge on any atom is 0.337 e. The molecule has 0 bridgehead atoms. The summed E-state index contributed by atoms with van der Waals surface area (Å²) >= 11 is 0. The van der Waals surface area contributed by atoms with Crippen LogP contribution in [-0.4, -0.2) is 43.8 Å². The fourth-order valence-corrected chi connectivity index (χ4v) is 2.29. The van der Waals surface area contributed by atoms with E-state index < -0.39 is 5.97 Å². The lowest BCUT2D eigenvalue weighted by molar-refractivity contribution is -0.117. The van der Waals surface area contributed by atoms with Gasteiger partial charge in [-0.15, -0.1) is 5.10 Å². The summed E-state index contributed by atoms with van der Waals surface area (Å²) < 4.78 is 7.70. The normalized spacial score (nSPS) is 10.5. The number of aryl methyl sites for hydroxylation is 1. The fraction of sp³-hybridized carbons (Fsp3) is 0.188. The van der Waals surface area contributed by atoms with Crippen LogP contribution in [0, 0.1) is 6.92 Å². The zero-order valence-electron chi connectivity index (χ0n) is 13.7. The Morgan fingerprint density at radius 1 is 1.24 bits per heavy atom. The Labute approximate surface area is 143 Å². The summed E-state index contributed by atoms with van der Waals surface area (Å²) in [7, 11) is 1.33. The number of methoxy groups -OCH3 is 1. The number of amides is 1. The van der Waals surface area contributed by atoms with E-state index >= 15 is 0 Å². The standard InChI is InChI=1S/C16H16N6O3/c1-11-9-14(18-15(23)10-21-8-7-17-20-21)22(19-11)13-5-3-12(4-6-13)16(24)25-2/h3-9H,10H2,1-2H3,(H,18,23). The first-order valence-corrected chi connectivity index (χ1v) is 7.46. The van der Waals surface area contributed by atoms with Crippen LogP contribution >= 0.6 is 0 Å². The zero-order chi connectivity index (χ0) is 17.8. The van der Waals surface area contributed by atoms with Crippen LogP contribution in [0.1, 0.15) is 16.1 Å². The number of carbonyl (C=O) groups is 2. The number of esters is 1. The lowest BCUT2D eigenvalue weighted by Crippen LogP contribution is -2.21. The molecule has 9 heteroatoms. The molecule has 1 aromatic carbocycles. The molecule has 0 aliphatic carbocycles. The van der Waals surface area contributed by atoms with Crippen LogP contribution < -0.4 is 5.32 Å². The minimum atomic E-state index is -0.412. The van der Waals surface area contributed by atoms with Gasteiger partial charge < -0.3 is 10.1 Å². The molecule has 0 spiro atoms. The Kier molecular flexibility index (Phi) is 4.55. The molecule has 0 saturated carbocycles. The Morgan fingerprint density at radius 2 is 2.00 bits per heavy atom. The first-order chi connectivity index (χ1) is 12.1. The summed E-state index contributed by atoms with van der Waals surface area (Å²) in [6.07, 6.45) is 3.11. The van der Waals surface area contributed by atoms with E-state index in [1.165, 1.54) is 18.0 Å². The quantitative estimate of drug-likeness (QED) is 0.700. The van der Waals surface area contributed by atoms with E-state index in [1.807, 2.05) is 6.92 Å². The van der Waals surface area contributed by atoms with E-state index in [2.05, 4.69) is 25.5 Å². The first kappa shape index (κ1) is 16.4. The van der Waals surface area contributed by atoms with Crippen LogP contribution in [0.15, 0.2) is 42.7 Å². The van der Waals surface area contributed by atoms with Gasteiger partial charge in [0, 0.05) is 12.3 Å². The Balaban J connectivity index is 1.80. The highest BCUT2D eigenvalue weighted by molar-refractivity contribution is 5.90. The molecule has 0 aliphatic heterocycles. The molecule has 1 amide bonds. The molecule has 3 aromatic rings. The second-order valence-corrected chi connectivity index (χ2v) is 5.27. The van der Waals surface area contributed by atoms with Gasteiger partial charge in [-0.25, -0.2) is 14.2 Å². The molecule has 0 fully saturated rings. The third-order valence-corrected chi connectivity index (χ3v) is 3.41. The topological polar surface area (TPSA) is 104 Å². The van der Waals surface area contributed by atoms with Gasteiger partial charge in [0.05, 0.1) is 30.3 Å². The maximum absolute atomic E-state index is 12.2. The molecule has 3 rings (SSSR count). The van der Waals surface area contributed by atoms with E-state index in [0.29, 0.717) is 17.1 Å². The molecular weight excluding hydrogens is 324 g/mol. The van der Waals surface area contributed by atoms with Gasteiger partial charge in [0.15, 0.2) is 0 Å². The van der Waals surface area contributed by atoms with Crippen molar-refractivity contribution in [3.05, 3.63) is 54.0 Å². The molecule has 9 nitrogen and oxygen atoms in total. The maximum atomic E-state index is 12.2. The summed E-state index contributed by atoms with van der Waals surface area (Å²) in [6, 6.07) is 8.49. The van der Waals surface area contributed by atoms with Crippen LogP contribution in [0.25, 0.3) is 5.69 Å². The number of carbonyl (C=O) groups excluding carboxylic acids is 2. The van der Waals surface area contributed by atoms with E-state index in [0.717, 1.165) is 5.69 Å². The average Bonchev–Trinajstić information content (AvgIpc) is 3.24. The summed E-state index contributed by atoms with van der Waals surface area (Å²) in [5.74, 6) is -0.143. The highest BCUT2D eigenvalue weighted by Gasteiger charge is 2.12. The molecule has 1 N–H and O–H groups in total. The van der Waals surface area contributed by atoms with Gasteiger partial charge in [-0.2, -0.15) is 5.10 Å². The molecule has 0 aliphatic rings. The molecular formula is C16H16N6O3. The second kappa shape index (κ2) is 6.95. The number of benzene rings is 1. The summed E-state index contributed by atoms with van der Waals surface area (Å²) in [4.78, 5) is 23.7. The van der Waals surface area contributed by atoms with Crippen LogP contribution in [-0.2, 0) is 16.1 Å². The number of anilines is 1. The Bertz CT molecular complexity index is 883. The average molecular weight is 340 g/mol. The third-order valence-electron chi connectivity index (χ3n) is 3.41. The zero-order valence-corrected chi connectivity index (χ0v) is 13.7. The van der Waals surface area contributed by atoms with Crippen molar-refractivity contribution < 1.29 is 14.3 Å². The van der Waals surface area contributed by atoms with Crippen LogP contribution in [0.4, 0.5) is 5.82 Å². The molecule has 0 radical (unpaired) electrons. The van der Waals surface area contributed by atoms with Crippen molar-refractivity contribution in [2.75, 3.05) is 12.4 Å². The van der Waals surface area contributed by atoms with Crippen molar-refractivity contribution in [3.8, 4) is 5.69 Å². The lowest BCUT2D eigenvalue weighted by atomic mass is 10.2. The number of nitrogens with one attached hydrogen (secondary N) is 1. The highest BCUT2D eigenvalue weighted by atomic mass is 16.5. The predicted octanol–water partition coefficient (Wildman–Crippen LogP) is 1.20. The van der Waals surface area contributed by atoms with Gasteiger partial charge in [-0.05, 0) is 31.2 Å². The van der Waals surface area contributed by atoms with Gasteiger partial charge in [-0.1, -0.05) is 5.21 Å². The van der Waals surface area contributed by atoms with Gasteiger partial charge in [-0.3, -0.25) is 4.79 Å². The lowest BCUT2D eigenvalue weighted by Gasteiger charge is -2.09. The first-order valence-electron chi connectivity index (χ1n) is 7.46. The number of ether oxygens (including phenoxy) is 1. The predicted molar refractivity (Wildman–Crippen MR) is 88.3 cm³/mol. The van der Waals surface area contributed by atoms with Gasteiger partial charge in [0.25, 0.3) is 0 Å². The molecule has 0 saturated heterocycles. The van der Waals surface area contributed by atoms with Crippen molar-refractivity contribution >= 4 is 17.7 Å². The van der Waals surface area contributed by atoms with Crippen molar-refractivity contribution in [2.45, 2.75) is 13.5 Å². The Morgan fingerprint density at radius 3 is 2.64 bits per heavy atom. The second-order valence-electron chi connectivity index (χ2n) is 5.27. The number of hydrogen-bond donors (Lipinski definition) is 1. The molecule has 128 valence electrons. The minimum absolute atomic E-state index is 0.0471. The largest absolute Gasteiger partial charge is 0.465 e. The van der Waals surface area contributed by atoms with Crippen molar-refractivity contribution in [1.82, 2.24) is 24.8 Å². The molecule has 25 heavy (non-hydrogen) atoms. The van der Waals surface area contributed by atoms with Crippen LogP contribution in [0.2, 0.25) is 0 Å². The Hall–Kier alpha value is -3.49. The van der Waals surface area contributed by atoms with E-state index in [9.17, 15) is 9.59 Å². The van der Waals surface area contributed by atoms with Gasteiger partial charge in [0.2, 0.25) is 5.91 Å². The van der Waals surface area contributed by atoms with Crippen molar-refractivity contribution in [1.29, 1.82) is 0 Å². The minimum Gasteiger partial charge on any atom is -0.465 e. The number of aromatic nitrogens is 5. The number of rotatable bonds is 5. The summed E-state index contributed by atoms with van der Waals surface area (Å²) in [6.45, 7) is 1.87. The third kappa shape index (κ3) is 3.71. The van der Waals surface area contributed by atoms with Crippen LogP contribution in [0.3, 0.4) is 0 Å². The highest BCUT2D eigenvalue weighted by Crippen LogP contribution is 2.18. The van der Waals surface area contributed by atoms with E-state index in [-0.39, 0.29) is 12.5 Å². The smallest absolute Gasteiger partial charge is 0.337 e.